The third-order valence-corrected chi connectivity index (χ3v) is 2.67. The molecule has 3 N–H and O–H groups in total. The van der Waals surface area contributed by atoms with Crippen molar-refractivity contribution in [1.82, 2.24) is 14.8 Å². The van der Waals surface area contributed by atoms with Crippen molar-refractivity contribution < 1.29 is 4.79 Å². The van der Waals surface area contributed by atoms with Crippen LogP contribution < -0.4 is 11.1 Å². The van der Waals surface area contributed by atoms with Crippen LogP contribution in [0.15, 0.2) is 30.6 Å². The van der Waals surface area contributed by atoms with Crippen molar-refractivity contribution in [2.45, 2.75) is 26.3 Å². The second kappa shape index (κ2) is 5.99. The van der Waals surface area contributed by atoms with Crippen LogP contribution in [0.3, 0.4) is 0 Å². The van der Waals surface area contributed by atoms with Crippen molar-refractivity contribution >= 4 is 17.5 Å². The first-order valence-corrected chi connectivity index (χ1v) is 6.21. The maximum absolute atomic E-state index is 11.9. The first-order chi connectivity index (χ1) is 9.19. The molecular weight excluding hydrogens is 242 g/mol. The maximum atomic E-state index is 11.9. The standard InChI is InChI=1S/C13H17N5O/c1-2-5-10-6-3-4-7-11(10)16-12(19)8-18-9-15-13(14)17-18/h3-4,6-7,9H,2,5,8H2,1H3,(H2,14,17)(H,16,19). The Kier molecular flexibility index (Phi) is 4.12. The predicted octanol–water partition coefficient (Wildman–Crippen LogP) is 1.45. The zero-order valence-corrected chi connectivity index (χ0v) is 10.8. The summed E-state index contributed by atoms with van der Waals surface area (Å²) in [5.41, 5.74) is 7.38. The minimum atomic E-state index is -0.145. The van der Waals surface area contributed by atoms with Crippen molar-refractivity contribution in [3.63, 3.8) is 0 Å². The molecule has 0 fully saturated rings. The van der Waals surface area contributed by atoms with E-state index in [1.165, 1.54) is 11.0 Å². The van der Waals surface area contributed by atoms with Gasteiger partial charge in [0.25, 0.3) is 0 Å². The van der Waals surface area contributed by atoms with Gasteiger partial charge in [-0.2, -0.15) is 0 Å². The Morgan fingerprint density at radius 3 is 2.89 bits per heavy atom. The number of hydrogen-bond donors (Lipinski definition) is 2. The van der Waals surface area contributed by atoms with Crippen LogP contribution >= 0.6 is 0 Å². The highest BCUT2D eigenvalue weighted by Crippen LogP contribution is 2.16. The summed E-state index contributed by atoms with van der Waals surface area (Å²) in [4.78, 5) is 15.7. The van der Waals surface area contributed by atoms with Crippen LogP contribution in [0, 0.1) is 0 Å². The maximum Gasteiger partial charge on any atom is 0.246 e. The van der Waals surface area contributed by atoms with E-state index in [9.17, 15) is 4.79 Å². The molecule has 0 radical (unpaired) electrons. The fraction of sp³-hybridized carbons (Fsp3) is 0.308. The number of benzene rings is 1. The van der Waals surface area contributed by atoms with Crippen molar-refractivity contribution in [2.75, 3.05) is 11.1 Å². The SMILES string of the molecule is CCCc1ccccc1NC(=O)Cn1cnc(N)n1. The molecule has 0 saturated carbocycles. The number of aryl methyl sites for hydroxylation is 1. The summed E-state index contributed by atoms with van der Waals surface area (Å²) in [5, 5.41) is 6.76. The van der Waals surface area contributed by atoms with Crippen LogP contribution in [0.2, 0.25) is 0 Å². The van der Waals surface area contributed by atoms with Gasteiger partial charge in [0.15, 0.2) is 0 Å². The van der Waals surface area contributed by atoms with Gasteiger partial charge in [0.2, 0.25) is 11.9 Å². The lowest BCUT2D eigenvalue weighted by Crippen LogP contribution is -2.20. The molecule has 0 unspecified atom stereocenters. The van der Waals surface area contributed by atoms with Crippen LogP contribution in [-0.4, -0.2) is 20.7 Å². The Balaban J connectivity index is 2.02. The lowest BCUT2D eigenvalue weighted by molar-refractivity contribution is -0.116. The second-order valence-corrected chi connectivity index (χ2v) is 4.26. The number of nitrogens with zero attached hydrogens (tertiary/aromatic N) is 3. The molecule has 1 amide bonds. The highest BCUT2D eigenvalue weighted by molar-refractivity contribution is 5.91. The molecule has 0 atom stereocenters. The minimum Gasteiger partial charge on any atom is -0.367 e. The van der Waals surface area contributed by atoms with Crippen molar-refractivity contribution in [3.05, 3.63) is 36.2 Å². The number of carbonyl (C=O) groups excluding carboxylic acids is 1. The third-order valence-electron chi connectivity index (χ3n) is 2.67. The number of nitrogen functional groups attached to an aromatic ring is 1. The number of nitrogens with two attached hydrogens (primary N) is 1. The quantitative estimate of drug-likeness (QED) is 0.851. The predicted molar refractivity (Wildman–Crippen MR) is 73.5 cm³/mol. The normalized spacial score (nSPS) is 10.4. The molecule has 6 nitrogen and oxygen atoms in total. The third kappa shape index (κ3) is 3.54. The molecule has 6 heteroatoms. The first kappa shape index (κ1) is 13.1. The fourth-order valence-corrected chi connectivity index (χ4v) is 1.85. The van der Waals surface area contributed by atoms with E-state index in [-0.39, 0.29) is 18.4 Å². The molecule has 0 aliphatic heterocycles. The highest BCUT2D eigenvalue weighted by atomic mass is 16.2. The molecular formula is C13H17N5O. The number of anilines is 2. The number of aromatic nitrogens is 3. The monoisotopic (exact) mass is 259 g/mol. The van der Waals surface area contributed by atoms with E-state index in [2.05, 4.69) is 22.3 Å². The molecule has 100 valence electrons. The Morgan fingerprint density at radius 2 is 2.21 bits per heavy atom. The average Bonchev–Trinajstić information content (AvgIpc) is 2.77. The largest absolute Gasteiger partial charge is 0.367 e. The smallest absolute Gasteiger partial charge is 0.246 e. The van der Waals surface area contributed by atoms with Gasteiger partial charge in [0.1, 0.15) is 12.9 Å². The van der Waals surface area contributed by atoms with Crippen LogP contribution in [0.25, 0.3) is 0 Å². The number of para-hydroxylation sites is 1. The number of hydrogen-bond acceptors (Lipinski definition) is 4. The Morgan fingerprint density at radius 1 is 1.42 bits per heavy atom. The summed E-state index contributed by atoms with van der Waals surface area (Å²) in [5.74, 6) is 0.0210. The van der Waals surface area contributed by atoms with E-state index in [0.717, 1.165) is 24.1 Å². The van der Waals surface area contributed by atoms with E-state index in [1.807, 2.05) is 24.3 Å². The van der Waals surface area contributed by atoms with Gasteiger partial charge in [0, 0.05) is 5.69 Å². The molecule has 0 aliphatic carbocycles. The minimum absolute atomic E-state index is 0.102. The lowest BCUT2D eigenvalue weighted by Gasteiger charge is -2.10. The Bertz CT molecular complexity index is 564. The number of rotatable bonds is 5. The topological polar surface area (TPSA) is 85.8 Å². The summed E-state index contributed by atoms with van der Waals surface area (Å²) in [6.07, 6.45) is 3.41. The van der Waals surface area contributed by atoms with E-state index >= 15 is 0 Å². The van der Waals surface area contributed by atoms with E-state index in [0.29, 0.717) is 0 Å². The zero-order chi connectivity index (χ0) is 13.7. The van der Waals surface area contributed by atoms with Crippen LogP contribution in [-0.2, 0) is 17.8 Å². The Labute approximate surface area is 111 Å². The van der Waals surface area contributed by atoms with Crippen molar-refractivity contribution in [3.8, 4) is 0 Å². The molecule has 19 heavy (non-hydrogen) atoms. The molecule has 0 spiro atoms. The van der Waals surface area contributed by atoms with Gasteiger partial charge in [-0.3, -0.25) is 4.79 Å². The number of carbonyl (C=O) groups is 1. The molecule has 2 rings (SSSR count). The number of amides is 1. The van der Waals surface area contributed by atoms with Crippen LogP contribution in [0.1, 0.15) is 18.9 Å². The van der Waals surface area contributed by atoms with Gasteiger partial charge in [0.05, 0.1) is 0 Å². The van der Waals surface area contributed by atoms with Gasteiger partial charge < -0.3 is 11.1 Å². The molecule has 0 saturated heterocycles. The van der Waals surface area contributed by atoms with Gasteiger partial charge in [-0.1, -0.05) is 31.5 Å². The summed E-state index contributed by atoms with van der Waals surface area (Å²) < 4.78 is 1.41. The molecule has 1 aromatic heterocycles. The van der Waals surface area contributed by atoms with Gasteiger partial charge in [-0.15, -0.1) is 5.10 Å². The summed E-state index contributed by atoms with van der Waals surface area (Å²) in [7, 11) is 0. The molecule has 0 aliphatic rings. The van der Waals surface area contributed by atoms with E-state index in [1.54, 1.807) is 0 Å². The lowest BCUT2D eigenvalue weighted by atomic mass is 10.1. The van der Waals surface area contributed by atoms with Gasteiger partial charge in [-0.05, 0) is 18.1 Å². The van der Waals surface area contributed by atoms with Crippen molar-refractivity contribution in [2.24, 2.45) is 0 Å². The fourth-order valence-electron chi connectivity index (χ4n) is 1.85. The van der Waals surface area contributed by atoms with Gasteiger partial charge in [-0.25, -0.2) is 9.67 Å². The molecule has 0 bridgehead atoms. The van der Waals surface area contributed by atoms with E-state index < -0.39 is 0 Å². The summed E-state index contributed by atoms with van der Waals surface area (Å²) in [6, 6.07) is 7.80. The number of nitrogens with one attached hydrogen (secondary N) is 1. The molecule has 1 aromatic carbocycles. The van der Waals surface area contributed by atoms with Crippen LogP contribution in [0.5, 0.6) is 0 Å². The summed E-state index contributed by atoms with van der Waals surface area (Å²) in [6.45, 7) is 2.21. The summed E-state index contributed by atoms with van der Waals surface area (Å²) >= 11 is 0. The molecule has 1 heterocycles. The van der Waals surface area contributed by atoms with Crippen molar-refractivity contribution in [1.29, 1.82) is 0 Å². The first-order valence-electron chi connectivity index (χ1n) is 6.21. The van der Waals surface area contributed by atoms with E-state index in [4.69, 9.17) is 5.73 Å². The van der Waals surface area contributed by atoms with Gasteiger partial charge >= 0.3 is 0 Å². The van der Waals surface area contributed by atoms with Crippen LogP contribution in [0.4, 0.5) is 11.6 Å². The Hall–Kier alpha value is -2.37. The molecule has 2 aromatic rings. The highest BCUT2D eigenvalue weighted by Gasteiger charge is 2.07. The zero-order valence-electron chi connectivity index (χ0n) is 10.8. The average molecular weight is 259 g/mol. The second-order valence-electron chi connectivity index (χ2n) is 4.26.